The first-order valence-corrected chi connectivity index (χ1v) is 15.9. The number of hydrogen-bond acceptors (Lipinski definition) is 4. The second kappa shape index (κ2) is 10.5. The molecule has 0 atom stereocenters. The molecule has 212 valence electrons. The van der Waals surface area contributed by atoms with Crippen molar-refractivity contribution in [1.82, 2.24) is 4.98 Å². The number of aromatic nitrogens is 1. The minimum absolute atomic E-state index is 0.870. The predicted molar refractivity (Wildman–Crippen MR) is 190 cm³/mol. The van der Waals surface area contributed by atoms with E-state index in [4.69, 9.17) is 9.40 Å². The van der Waals surface area contributed by atoms with Crippen LogP contribution in [0.5, 0.6) is 0 Å². The fourth-order valence-electron chi connectivity index (χ4n) is 6.38. The van der Waals surface area contributed by atoms with Crippen LogP contribution in [0.25, 0.3) is 64.5 Å². The van der Waals surface area contributed by atoms with Gasteiger partial charge in [0.2, 0.25) is 0 Å². The van der Waals surface area contributed by atoms with Crippen molar-refractivity contribution in [2.75, 3.05) is 4.90 Å². The second-order valence-electron chi connectivity index (χ2n) is 11.2. The van der Waals surface area contributed by atoms with Gasteiger partial charge in [-0.25, -0.2) is 0 Å². The molecular formula is C41H26N2OS. The van der Waals surface area contributed by atoms with Crippen molar-refractivity contribution in [3.8, 4) is 22.3 Å². The normalized spacial score (nSPS) is 11.6. The first-order valence-electron chi connectivity index (χ1n) is 15.0. The SMILES string of the molecule is c1ccc(-c2ccc(-c3ccc(N(c4ccc5c(c4)oc4ccccc45)c4cccc5sc6cccnc6c45)cc3)cc2)cc1. The summed E-state index contributed by atoms with van der Waals surface area (Å²) in [7, 11) is 0. The van der Waals surface area contributed by atoms with Crippen molar-refractivity contribution in [2.24, 2.45) is 0 Å². The fraction of sp³-hybridized carbons (Fsp3) is 0. The van der Waals surface area contributed by atoms with Crippen LogP contribution in [0.4, 0.5) is 17.1 Å². The van der Waals surface area contributed by atoms with E-state index in [1.807, 2.05) is 24.4 Å². The molecule has 0 saturated carbocycles. The van der Waals surface area contributed by atoms with E-state index in [0.717, 1.165) is 49.9 Å². The Bertz CT molecular complexity index is 2480. The Morgan fingerprint density at radius 2 is 1.13 bits per heavy atom. The van der Waals surface area contributed by atoms with E-state index in [2.05, 4.69) is 138 Å². The molecule has 3 heterocycles. The quantitative estimate of drug-likeness (QED) is 0.198. The standard InChI is InChI=1S/C41H26N2OS/c1-2-8-27(9-3-1)28-15-17-29(18-16-28)30-19-21-31(22-20-30)43(32-23-24-34-33-10-4-5-12-36(33)44-37(34)26-32)35-11-6-13-38-40(35)41-39(45-38)14-7-25-42-41/h1-26H. The van der Waals surface area contributed by atoms with Gasteiger partial charge in [-0.3, -0.25) is 4.98 Å². The predicted octanol–water partition coefficient (Wildman–Crippen LogP) is 12.2. The second-order valence-corrected chi connectivity index (χ2v) is 12.3. The fourth-order valence-corrected chi connectivity index (χ4v) is 7.46. The van der Waals surface area contributed by atoms with Crippen molar-refractivity contribution in [3.63, 3.8) is 0 Å². The zero-order chi connectivity index (χ0) is 29.7. The summed E-state index contributed by atoms with van der Waals surface area (Å²) in [6, 6.07) is 53.6. The van der Waals surface area contributed by atoms with E-state index in [0.29, 0.717) is 0 Å². The molecule has 0 amide bonds. The van der Waals surface area contributed by atoms with Gasteiger partial charge < -0.3 is 9.32 Å². The van der Waals surface area contributed by atoms with E-state index in [1.165, 1.54) is 31.7 Å². The first-order chi connectivity index (χ1) is 22.3. The highest BCUT2D eigenvalue weighted by molar-refractivity contribution is 7.25. The zero-order valence-corrected chi connectivity index (χ0v) is 25.0. The van der Waals surface area contributed by atoms with Gasteiger partial charge in [0, 0.05) is 44.5 Å². The number of pyridine rings is 1. The Morgan fingerprint density at radius 1 is 0.489 bits per heavy atom. The lowest BCUT2D eigenvalue weighted by Gasteiger charge is -2.26. The average molecular weight is 595 g/mol. The highest BCUT2D eigenvalue weighted by Gasteiger charge is 2.20. The molecule has 0 bridgehead atoms. The molecule has 3 nitrogen and oxygen atoms in total. The van der Waals surface area contributed by atoms with Gasteiger partial charge in [-0.2, -0.15) is 0 Å². The molecule has 0 unspecified atom stereocenters. The highest BCUT2D eigenvalue weighted by atomic mass is 32.1. The number of nitrogens with zero attached hydrogens (tertiary/aromatic N) is 2. The molecule has 0 N–H and O–H groups in total. The molecule has 0 spiro atoms. The summed E-state index contributed by atoms with van der Waals surface area (Å²) >= 11 is 1.78. The number of para-hydroxylation sites is 1. The molecule has 4 heteroatoms. The maximum absolute atomic E-state index is 6.34. The van der Waals surface area contributed by atoms with E-state index in [-0.39, 0.29) is 0 Å². The third kappa shape index (κ3) is 4.38. The lowest BCUT2D eigenvalue weighted by atomic mass is 10.00. The lowest BCUT2D eigenvalue weighted by molar-refractivity contribution is 0.669. The number of thiophene rings is 1. The Labute approximate surface area is 264 Å². The van der Waals surface area contributed by atoms with Crippen LogP contribution >= 0.6 is 11.3 Å². The van der Waals surface area contributed by atoms with Crippen molar-refractivity contribution >= 4 is 70.6 Å². The van der Waals surface area contributed by atoms with Gasteiger partial charge in [0.25, 0.3) is 0 Å². The van der Waals surface area contributed by atoms with Crippen molar-refractivity contribution < 1.29 is 4.42 Å². The summed E-state index contributed by atoms with van der Waals surface area (Å²) in [6.45, 7) is 0. The molecule has 3 aromatic heterocycles. The maximum Gasteiger partial charge on any atom is 0.137 e. The van der Waals surface area contributed by atoms with Crippen LogP contribution in [0.1, 0.15) is 0 Å². The van der Waals surface area contributed by atoms with Gasteiger partial charge in [0.15, 0.2) is 0 Å². The monoisotopic (exact) mass is 594 g/mol. The van der Waals surface area contributed by atoms with Crippen LogP contribution in [0.3, 0.4) is 0 Å². The summed E-state index contributed by atoms with van der Waals surface area (Å²) in [5.74, 6) is 0. The van der Waals surface area contributed by atoms with Crippen LogP contribution in [-0.2, 0) is 0 Å². The molecule has 0 aliphatic carbocycles. The van der Waals surface area contributed by atoms with E-state index in [9.17, 15) is 0 Å². The van der Waals surface area contributed by atoms with Crippen LogP contribution in [0, 0.1) is 0 Å². The van der Waals surface area contributed by atoms with Gasteiger partial charge in [-0.05, 0) is 76.9 Å². The third-order valence-corrected chi connectivity index (χ3v) is 9.65. The number of fused-ring (bicyclic) bond motifs is 6. The average Bonchev–Trinajstić information content (AvgIpc) is 3.68. The molecule has 9 aromatic rings. The largest absolute Gasteiger partial charge is 0.456 e. The van der Waals surface area contributed by atoms with Gasteiger partial charge in [0.1, 0.15) is 11.2 Å². The minimum atomic E-state index is 0.870. The number of benzene rings is 6. The van der Waals surface area contributed by atoms with Crippen LogP contribution < -0.4 is 4.90 Å². The Balaban J connectivity index is 1.19. The maximum atomic E-state index is 6.34. The first kappa shape index (κ1) is 25.8. The molecule has 45 heavy (non-hydrogen) atoms. The molecule has 0 aliphatic heterocycles. The number of furan rings is 1. The van der Waals surface area contributed by atoms with Crippen LogP contribution in [0.15, 0.2) is 162 Å². The Kier molecular flexibility index (Phi) is 6.00. The summed E-state index contributed by atoms with van der Waals surface area (Å²) in [5, 5.41) is 3.40. The molecule has 0 aliphatic rings. The molecule has 0 fully saturated rings. The van der Waals surface area contributed by atoms with Crippen LogP contribution in [-0.4, -0.2) is 4.98 Å². The molecular weight excluding hydrogens is 569 g/mol. The molecule has 6 aromatic carbocycles. The number of rotatable bonds is 5. The number of anilines is 3. The Hall–Kier alpha value is -5.71. The summed E-state index contributed by atoms with van der Waals surface area (Å²) < 4.78 is 8.74. The van der Waals surface area contributed by atoms with Crippen molar-refractivity contribution in [2.45, 2.75) is 0 Å². The molecule has 0 radical (unpaired) electrons. The molecule has 0 saturated heterocycles. The smallest absolute Gasteiger partial charge is 0.137 e. The third-order valence-electron chi connectivity index (χ3n) is 8.54. The van der Waals surface area contributed by atoms with E-state index < -0.39 is 0 Å². The summed E-state index contributed by atoms with van der Waals surface area (Å²) in [6.07, 6.45) is 1.88. The van der Waals surface area contributed by atoms with E-state index >= 15 is 0 Å². The van der Waals surface area contributed by atoms with Crippen molar-refractivity contribution in [3.05, 3.63) is 158 Å². The molecule has 9 rings (SSSR count). The number of hydrogen-bond donors (Lipinski definition) is 0. The topological polar surface area (TPSA) is 29.3 Å². The van der Waals surface area contributed by atoms with Crippen molar-refractivity contribution in [1.29, 1.82) is 0 Å². The summed E-state index contributed by atoms with van der Waals surface area (Å²) in [4.78, 5) is 7.16. The Morgan fingerprint density at radius 3 is 1.93 bits per heavy atom. The lowest BCUT2D eigenvalue weighted by Crippen LogP contribution is -2.10. The van der Waals surface area contributed by atoms with Gasteiger partial charge in [0.05, 0.1) is 15.9 Å². The van der Waals surface area contributed by atoms with Crippen LogP contribution in [0.2, 0.25) is 0 Å². The minimum Gasteiger partial charge on any atom is -0.456 e. The zero-order valence-electron chi connectivity index (χ0n) is 24.2. The van der Waals surface area contributed by atoms with Gasteiger partial charge in [-0.1, -0.05) is 91.0 Å². The summed E-state index contributed by atoms with van der Waals surface area (Å²) in [5.41, 5.74) is 10.8. The van der Waals surface area contributed by atoms with Gasteiger partial charge >= 0.3 is 0 Å². The van der Waals surface area contributed by atoms with Gasteiger partial charge in [-0.15, -0.1) is 11.3 Å². The van der Waals surface area contributed by atoms with E-state index in [1.54, 1.807) is 11.3 Å². The highest BCUT2D eigenvalue weighted by Crippen LogP contribution is 2.45.